The van der Waals surface area contributed by atoms with Crippen LogP contribution in [0.2, 0.25) is 0 Å². The van der Waals surface area contributed by atoms with Crippen molar-refractivity contribution in [2.24, 2.45) is 5.10 Å². The molecular formula is C16H18BrN3O4. The molecule has 8 heteroatoms. The average molecular weight is 396 g/mol. The van der Waals surface area contributed by atoms with Gasteiger partial charge in [-0.1, -0.05) is 33.1 Å². The quantitative estimate of drug-likeness (QED) is 0.565. The minimum absolute atomic E-state index is 0.121. The molecule has 0 aromatic heterocycles. The molecule has 0 N–H and O–H groups in total. The first-order valence-electron chi connectivity index (χ1n) is 7.20. The predicted molar refractivity (Wildman–Crippen MR) is 91.4 cm³/mol. The van der Waals surface area contributed by atoms with Gasteiger partial charge in [-0.2, -0.15) is 5.26 Å². The Balaban J connectivity index is 3.20. The highest BCUT2D eigenvalue weighted by atomic mass is 79.9. The zero-order valence-electron chi connectivity index (χ0n) is 13.8. The Hall–Kier alpha value is -2.40. The van der Waals surface area contributed by atoms with Gasteiger partial charge in [-0.15, -0.1) is 5.10 Å². The van der Waals surface area contributed by atoms with E-state index >= 15 is 0 Å². The van der Waals surface area contributed by atoms with E-state index in [9.17, 15) is 14.9 Å². The molecule has 0 fully saturated rings. The summed E-state index contributed by atoms with van der Waals surface area (Å²) in [5.41, 5.74) is 0.323. The van der Waals surface area contributed by atoms with Crippen LogP contribution in [0.4, 0.5) is 9.59 Å². The third-order valence-electron chi connectivity index (χ3n) is 2.44. The first-order valence-corrected chi connectivity index (χ1v) is 8.00. The maximum atomic E-state index is 12.1. The lowest BCUT2D eigenvalue weighted by Gasteiger charge is -2.18. The summed E-state index contributed by atoms with van der Waals surface area (Å²) < 4.78 is 10.8. The van der Waals surface area contributed by atoms with Crippen LogP contribution in [0.15, 0.2) is 33.8 Å². The van der Waals surface area contributed by atoms with Gasteiger partial charge in [0, 0.05) is 10.0 Å². The number of imide groups is 1. The number of hydrogen-bond donors (Lipinski definition) is 0. The van der Waals surface area contributed by atoms with Crippen LogP contribution in [0.3, 0.4) is 0 Å². The second kappa shape index (κ2) is 9.03. The molecule has 0 aliphatic carbocycles. The highest BCUT2D eigenvalue weighted by Gasteiger charge is 2.27. The lowest BCUT2D eigenvalue weighted by atomic mass is 10.1. The zero-order valence-corrected chi connectivity index (χ0v) is 15.4. The maximum Gasteiger partial charge on any atom is 0.440 e. The Kier molecular flexibility index (Phi) is 7.39. The van der Waals surface area contributed by atoms with Crippen molar-refractivity contribution in [1.82, 2.24) is 5.01 Å². The van der Waals surface area contributed by atoms with E-state index < -0.39 is 24.4 Å². The summed E-state index contributed by atoms with van der Waals surface area (Å²) in [4.78, 5) is 24.2. The van der Waals surface area contributed by atoms with E-state index in [4.69, 9.17) is 9.47 Å². The number of carbonyl (C=O) groups is 2. The van der Waals surface area contributed by atoms with Crippen LogP contribution in [0.5, 0.6) is 0 Å². The van der Waals surface area contributed by atoms with Gasteiger partial charge in [0.2, 0.25) is 0 Å². The van der Waals surface area contributed by atoms with Gasteiger partial charge >= 0.3 is 12.2 Å². The van der Waals surface area contributed by atoms with Crippen molar-refractivity contribution in [3.63, 3.8) is 0 Å². The van der Waals surface area contributed by atoms with E-state index in [1.165, 1.54) is 0 Å². The molecule has 2 amide bonds. The van der Waals surface area contributed by atoms with E-state index in [0.717, 1.165) is 4.47 Å². The van der Waals surface area contributed by atoms with Crippen LogP contribution in [0, 0.1) is 11.3 Å². The minimum Gasteiger partial charge on any atom is -0.445 e. The Morgan fingerprint density at radius 2 is 1.54 bits per heavy atom. The van der Waals surface area contributed by atoms with Crippen molar-refractivity contribution >= 4 is 33.8 Å². The summed E-state index contributed by atoms with van der Waals surface area (Å²) in [5.74, 6) is 0. The van der Waals surface area contributed by atoms with E-state index in [0.29, 0.717) is 10.6 Å². The topological polar surface area (TPSA) is 92.0 Å². The van der Waals surface area contributed by atoms with Crippen LogP contribution in [0.25, 0.3) is 0 Å². The monoisotopic (exact) mass is 395 g/mol. The van der Waals surface area contributed by atoms with Crippen molar-refractivity contribution in [1.29, 1.82) is 5.26 Å². The summed E-state index contributed by atoms with van der Waals surface area (Å²) in [6.45, 7) is 6.53. The first kappa shape index (κ1) is 19.6. The molecule has 7 nitrogen and oxygen atoms in total. The number of nitriles is 1. The number of rotatable bonds is 4. The minimum atomic E-state index is -1.01. The molecular weight excluding hydrogens is 378 g/mol. The number of carbonyl (C=O) groups excluding carboxylic acids is 2. The standard InChI is InChI=1S/C16H18BrN3O4/c1-10(2)23-15(21)20(16(22)24-11(3)4)19-14(9-18)12-5-7-13(17)8-6-12/h5-8,10-11H,1-4H3/b19-14+. The van der Waals surface area contributed by atoms with Gasteiger partial charge in [-0.3, -0.25) is 0 Å². The lowest BCUT2D eigenvalue weighted by Crippen LogP contribution is -2.36. The normalized spacial score (nSPS) is 11.2. The molecule has 0 atom stereocenters. The summed E-state index contributed by atoms with van der Waals surface area (Å²) >= 11 is 3.29. The number of amides is 2. The van der Waals surface area contributed by atoms with Gasteiger partial charge in [0.05, 0.1) is 12.2 Å². The molecule has 128 valence electrons. The molecule has 0 bridgehead atoms. The highest BCUT2D eigenvalue weighted by Crippen LogP contribution is 2.13. The molecule has 0 radical (unpaired) electrons. The Labute approximate surface area is 149 Å². The first-order chi connectivity index (χ1) is 11.2. The van der Waals surface area contributed by atoms with Crippen LogP contribution < -0.4 is 0 Å². The number of hydrogen-bond acceptors (Lipinski definition) is 6. The molecule has 0 spiro atoms. The van der Waals surface area contributed by atoms with Gasteiger partial charge in [0.15, 0.2) is 5.71 Å². The Bertz CT molecular complexity index is 641. The SMILES string of the molecule is CC(C)OC(=O)N(/N=C(\C#N)c1ccc(Br)cc1)C(=O)OC(C)C. The molecule has 0 saturated carbocycles. The number of ether oxygens (including phenoxy) is 2. The molecule has 24 heavy (non-hydrogen) atoms. The average Bonchev–Trinajstić information content (AvgIpc) is 2.48. The molecule has 1 aromatic carbocycles. The van der Waals surface area contributed by atoms with Gasteiger partial charge in [0.1, 0.15) is 6.07 Å². The van der Waals surface area contributed by atoms with E-state index in [-0.39, 0.29) is 5.71 Å². The molecule has 0 heterocycles. The molecule has 1 aromatic rings. The number of hydrazone groups is 1. The summed E-state index contributed by atoms with van der Waals surface area (Å²) in [7, 11) is 0. The summed E-state index contributed by atoms with van der Waals surface area (Å²) in [6, 6.07) is 8.55. The molecule has 0 saturated heterocycles. The smallest absolute Gasteiger partial charge is 0.440 e. The Morgan fingerprint density at radius 3 is 1.92 bits per heavy atom. The molecule has 0 aliphatic rings. The van der Waals surface area contributed by atoms with E-state index in [2.05, 4.69) is 21.0 Å². The van der Waals surface area contributed by atoms with Gasteiger partial charge in [-0.25, -0.2) is 9.59 Å². The molecule has 1 rings (SSSR count). The van der Waals surface area contributed by atoms with E-state index in [1.54, 1.807) is 52.0 Å². The van der Waals surface area contributed by atoms with Crippen molar-refractivity contribution in [2.75, 3.05) is 0 Å². The van der Waals surface area contributed by atoms with Crippen LogP contribution in [0.1, 0.15) is 33.3 Å². The summed E-state index contributed by atoms with van der Waals surface area (Å²) in [5, 5.41) is 13.5. The van der Waals surface area contributed by atoms with E-state index in [1.807, 2.05) is 6.07 Å². The second-order valence-corrected chi connectivity index (χ2v) is 6.16. The summed E-state index contributed by atoms with van der Waals surface area (Å²) in [6.07, 6.45) is -2.94. The predicted octanol–water partition coefficient (Wildman–Crippen LogP) is 4.07. The zero-order chi connectivity index (χ0) is 18.3. The lowest BCUT2D eigenvalue weighted by molar-refractivity contribution is 0.0518. The number of halogens is 1. The fourth-order valence-electron chi connectivity index (χ4n) is 1.51. The molecule has 0 aliphatic heterocycles. The van der Waals surface area contributed by atoms with Crippen LogP contribution >= 0.6 is 15.9 Å². The fourth-order valence-corrected chi connectivity index (χ4v) is 1.78. The second-order valence-electron chi connectivity index (χ2n) is 5.24. The van der Waals surface area contributed by atoms with Crippen molar-refractivity contribution < 1.29 is 19.1 Å². The third kappa shape index (κ3) is 6.01. The Morgan fingerprint density at radius 1 is 1.08 bits per heavy atom. The van der Waals surface area contributed by atoms with Crippen LogP contribution in [-0.4, -0.2) is 35.1 Å². The van der Waals surface area contributed by atoms with Crippen molar-refractivity contribution in [2.45, 2.75) is 39.9 Å². The number of benzene rings is 1. The number of nitrogens with zero attached hydrogens (tertiary/aromatic N) is 3. The van der Waals surface area contributed by atoms with Crippen LogP contribution in [-0.2, 0) is 9.47 Å². The molecule has 0 unspecified atom stereocenters. The van der Waals surface area contributed by atoms with Crippen molar-refractivity contribution in [3.8, 4) is 6.07 Å². The third-order valence-corrected chi connectivity index (χ3v) is 2.97. The van der Waals surface area contributed by atoms with Gasteiger partial charge in [-0.05, 0) is 39.8 Å². The van der Waals surface area contributed by atoms with Gasteiger partial charge < -0.3 is 9.47 Å². The maximum absolute atomic E-state index is 12.1. The van der Waals surface area contributed by atoms with Crippen molar-refractivity contribution in [3.05, 3.63) is 34.3 Å². The highest BCUT2D eigenvalue weighted by molar-refractivity contribution is 9.10. The fraction of sp³-hybridized carbons (Fsp3) is 0.375. The largest absolute Gasteiger partial charge is 0.445 e. The van der Waals surface area contributed by atoms with Gasteiger partial charge in [0.25, 0.3) is 0 Å².